The van der Waals surface area contributed by atoms with E-state index in [-0.39, 0.29) is 12.4 Å². The van der Waals surface area contributed by atoms with Crippen LogP contribution in [0.15, 0.2) is 35.3 Å². The first kappa shape index (κ1) is 20.4. The van der Waals surface area contributed by atoms with Crippen molar-refractivity contribution in [2.45, 2.75) is 6.54 Å². The van der Waals surface area contributed by atoms with Crippen LogP contribution in [0.1, 0.15) is 0 Å². The minimum atomic E-state index is -0.0768. The van der Waals surface area contributed by atoms with Gasteiger partial charge in [-0.05, 0) is 18.2 Å². The van der Waals surface area contributed by atoms with Gasteiger partial charge in [0.05, 0.1) is 64.9 Å². The summed E-state index contributed by atoms with van der Waals surface area (Å²) < 4.78 is 24.7. The smallest absolute Gasteiger partial charge is 0.259 e. The molecule has 0 spiro atoms. The number of rotatable bonds is 5. The van der Waals surface area contributed by atoms with Crippen LogP contribution in [0.25, 0.3) is 32.6 Å². The summed E-state index contributed by atoms with van der Waals surface area (Å²) in [4.78, 5) is 18.5. The number of nitrogens with zero attached hydrogens (tertiary/aromatic N) is 3. The maximum atomic E-state index is 13.8. The van der Waals surface area contributed by atoms with Crippen LogP contribution >= 0.6 is 0 Å². The summed E-state index contributed by atoms with van der Waals surface area (Å²) in [6.45, 7) is 1.51. The molecule has 0 radical (unpaired) electrons. The van der Waals surface area contributed by atoms with Crippen molar-refractivity contribution in [3.05, 3.63) is 40.8 Å². The Morgan fingerprint density at radius 1 is 0.938 bits per heavy atom. The fraction of sp³-hybridized carbons (Fsp3) is 0.333. The number of fused-ring (bicyclic) bond motifs is 6. The monoisotopic (exact) mass is 436 g/mol. The fourth-order valence-electron chi connectivity index (χ4n) is 4.19. The molecule has 0 aliphatic carbocycles. The van der Waals surface area contributed by atoms with Crippen LogP contribution in [0.2, 0.25) is 0 Å². The van der Waals surface area contributed by atoms with E-state index in [9.17, 15) is 4.79 Å². The van der Waals surface area contributed by atoms with Gasteiger partial charge in [0.2, 0.25) is 6.79 Å². The summed E-state index contributed by atoms with van der Waals surface area (Å²) in [5, 5.41) is 3.06. The predicted molar refractivity (Wildman–Crippen MR) is 123 cm³/mol. The molecule has 2 aromatic heterocycles. The van der Waals surface area contributed by atoms with Gasteiger partial charge >= 0.3 is 0 Å². The van der Waals surface area contributed by atoms with Crippen molar-refractivity contribution in [1.29, 1.82) is 0 Å². The molecule has 1 aliphatic heterocycles. The zero-order valence-electron chi connectivity index (χ0n) is 18.9. The molecule has 0 saturated carbocycles. The molecule has 4 aromatic rings. The van der Waals surface area contributed by atoms with Crippen LogP contribution in [-0.4, -0.2) is 62.7 Å². The van der Waals surface area contributed by atoms with Crippen LogP contribution in [0.5, 0.6) is 23.0 Å². The quantitative estimate of drug-likeness (QED) is 0.354. The highest BCUT2D eigenvalue weighted by Crippen LogP contribution is 2.40. The van der Waals surface area contributed by atoms with Gasteiger partial charge in [0.1, 0.15) is 0 Å². The van der Waals surface area contributed by atoms with E-state index in [4.69, 9.17) is 18.9 Å². The number of ether oxygens (including phenoxy) is 4. The summed E-state index contributed by atoms with van der Waals surface area (Å²) in [6.07, 6.45) is 1.82. The molecule has 0 unspecified atom stereocenters. The third-order valence-electron chi connectivity index (χ3n) is 5.89. The average molecular weight is 436 g/mol. The second kappa shape index (κ2) is 7.27. The Bertz CT molecular complexity index is 1440. The van der Waals surface area contributed by atoms with Crippen LogP contribution in [-0.2, 0) is 6.54 Å². The van der Waals surface area contributed by atoms with E-state index >= 15 is 0 Å². The minimum absolute atomic E-state index is 0.0768. The Kier molecular flexibility index (Phi) is 4.63. The number of hydrogen-bond acceptors (Lipinski definition) is 6. The molecule has 32 heavy (non-hydrogen) atoms. The Morgan fingerprint density at radius 2 is 1.59 bits per heavy atom. The SMILES string of the molecule is COc1cc2c(=O)n(CC[N+](C)(C)C)c3c4cc5c(cc4ncc3c2cc1OC)OCO5. The van der Waals surface area contributed by atoms with Crippen LogP contribution in [0.3, 0.4) is 0 Å². The molecule has 8 nitrogen and oxygen atoms in total. The molecule has 166 valence electrons. The molecule has 5 rings (SSSR count). The third-order valence-corrected chi connectivity index (χ3v) is 5.89. The first-order chi connectivity index (χ1) is 15.3. The van der Waals surface area contributed by atoms with E-state index in [1.807, 2.05) is 29.0 Å². The highest BCUT2D eigenvalue weighted by atomic mass is 16.7. The first-order valence-corrected chi connectivity index (χ1v) is 10.4. The molecule has 8 heteroatoms. The Hall–Kier alpha value is -3.52. The van der Waals surface area contributed by atoms with Gasteiger partial charge in [-0.15, -0.1) is 0 Å². The summed E-state index contributed by atoms with van der Waals surface area (Å²) in [7, 11) is 9.49. The van der Waals surface area contributed by atoms with Gasteiger partial charge in [0, 0.05) is 28.4 Å². The summed E-state index contributed by atoms with van der Waals surface area (Å²) >= 11 is 0. The predicted octanol–water partition coefficient (Wildman–Crippen LogP) is 3.16. The van der Waals surface area contributed by atoms with Crippen molar-refractivity contribution in [1.82, 2.24) is 9.55 Å². The highest BCUT2D eigenvalue weighted by molar-refractivity contribution is 6.15. The molecule has 2 aromatic carbocycles. The Labute approximate surface area is 185 Å². The lowest BCUT2D eigenvalue weighted by atomic mass is 10.0. The van der Waals surface area contributed by atoms with Crippen molar-refractivity contribution in [2.75, 3.05) is 48.7 Å². The lowest BCUT2D eigenvalue weighted by molar-refractivity contribution is -0.871. The van der Waals surface area contributed by atoms with Gasteiger partial charge < -0.3 is 28.0 Å². The number of aromatic nitrogens is 2. The Balaban J connectivity index is 1.93. The average Bonchev–Trinajstić information content (AvgIpc) is 3.23. The Morgan fingerprint density at radius 3 is 2.25 bits per heavy atom. The zero-order chi connectivity index (χ0) is 22.6. The summed E-state index contributed by atoms with van der Waals surface area (Å²) in [5.74, 6) is 2.41. The molecule has 0 atom stereocenters. The van der Waals surface area contributed by atoms with Crippen LogP contribution in [0.4, 0.5) is 0 Å². The highest BCUT2D eigenvalue weighted by Gasteiger charge is 2.21. The second-order valence-electron chi connectivity index (χ2n) is 8.97. The van der Waals surface area contributed by atoms with Crippen molar-refractivity contribution >= 4 is 32.6 Å². The van der Waals surface area contributed by atoms with Gasteiger partial charge in [-0.1, -0.05) is 0 Å². The normalized spacial score (nSPS) is 13.3. The third kappa shape index (κ3) is 3.18. The van der Waals surface area contributed by atoms with Crippen molar-refractivity contribution in [2.24, 2.45) is 0 Å². The van der Waals surface area contributed by atoms with Gasteiger partial charge in [-0.3, -0.25) is 9.78 Å². The largest absolute Gasteiger partial charge is 0.493 e. The van der Waals surface area contributed by atoms with E-state index < -0.39 is 0 Å². The topological polar surface area (TPSA) is 71.8 Å². The number of methoxy groups -OCH3 is 2. The molecule has 0 fully saturated rings. The van der Waals surface area contributed by atoms with E-state index in [0.29, 0.717) is 34.9 Å². The summed E-state index contributed by atoms with van der Waals surface area (Å²) in [6, 6.07) is 7.39. The number of likely N-dealkylation sites (N-methyl/N-ethyl adjacent to an activating group) is 1. The van der Waals surface area contributed by atoms with Crippen molar-refractivity contribution in [3.63, 3.8) is 0 Å². The van der Waals surface area contributed by atoms with Crippen LogP contribution < -0.4 is 24.5 Å². The lowest BCUT2D eigenvalue weighted by Gasteiger charge is -2.25. The van der Waals surface area contributed by atoms with E-state index in [1.165, 1.54) is 0 Å². The number of hydrogen-bond donors (Lipinski definition) is 0. The van der Waals surface area contributed by atoms with E-state index in [2.05, 4.69) is 26.1 Å². The molecule has 0 bridgehead atoms. The molecule has 0 saturated heterocycles. The van der Waals surface area contributed by atoms with E-state index in [0.717, 1.165) is 38.2 Å². The molecule has 1 aliphatic rings. The van der Waals surface area contributed by atoms with E-state index in [1.54, 1.807) is 20.3 Å². The molecule has 3 heterocycles. The molecular formula is C24H26N3O5+. The molecule has 0 amide bonds. The summed E-state index contributed by atoms with van der Waals surface area (Å²) in [5.41, 5.74) is 1.50. The number of pyridine rings is 2. The lowest BCUT2D eigenvalue weighted by Crippen LogP contribution is -2.39. The van der Waals surface area contributed by atoms with Gasteiger partial charge in [-0.25, -0.2) is 0 Å². The van der Waals surface area contributed by atoms with Gasteiger partial charge in [0.15, 0.2) is 23.0 Å². The van der Waals surface area contributed by atoms with Gasteiger partial charge in [-0.2, -0.15) is 0 Å². The zero-order valence-corrected chi connectivity index (χ0v) is 18.9. The van der Waals surface area contributed by atoms with Crippen LogP contribution in [0, 0.1) is 0 Å². The standard InChI is InChI=1S/C24H26N3O5/c1-27(2,3)7-6-26-23-16-10-21-22(32-13-31-21)11-18(16)25-12-17(23)14-8-19(29-4)20(30-5)9-15(14)24(26)28/h8-12H,6-7,13H2,1-5H3/q+1. The maximum Gasteiger partial charge on any atom is 0.259 e. The maximum absolute atomic E-state index is 13.8. The second-order valence-corrected chi connectivity index (χ2v) is 8.97. The van der Waals surface area contributed by atoms with Crippen molar-refractivity contribution in [3.8, 4) is 23.0 Å². The van der Waals surface area contributed by atoms with Gasteiger partial charge in [0.25, 0.3) is 5.56 Å². The van der Waals surface area contributed by atoms with Crippen molar-refractivity contribution < 1.29 is 23.4 Å². The molecule has 0 N–H and O–H groups in total. The molecular weight excluding hydrogens is 410 g/mol. The number of quaternary nitrogens is 1. The first-order valence-electron chi connectivity index (χ1n) is 10.4. The minimum Gasteiger partial charge on any atom is -0.493 e. The number of benzene rings is 2. The fourth-order valence-corrected chi connectivity index (χ4v) is 4.19.